The van der Waals surface area contributed by atoms with E-state index in [9.17, 15) is 0 Å². The number of hydrogen-bond acceptors (Lipinski definition) is 3. The molecule has 2 aromatic carbocycles. The Kier molecular flexibility index (Phi) is 3.61. The van der Waals surface area contributed by atoms with Crippen molar-refractivity contribution in [2.75, 3.05) is 24.5 Å². The Balaban J connectivity index is 0.00000243. The molecular formula is C17H20ClN3. The van der Waals surface area contributed by atoms with Gasteiger partial charge in [0.15, 0.2) is 0 Å². The van der Waals surface area contributed by atoms with Gasteiger partial charge in [-0.2, -0.15) is 0 Å². The van der Waals surface area contributed by atoms with E-state index in [-0.39, 0.29) is 48.3 Å². The van der Waals surface area contributed by atoms with E-state index in [1.165, 1.54) is 0 Å². The summed E-state index contributed by atoms with van der Waals surface area (Å²) >= 11 is 0. The predicted octanol–water partition coefficient (Wildman–Crippen LogP) is 3.12. The average molecular weight is 307 g/mol. The highest BCUT2D eigenvalue weighted by atomic mass is 35.5. The summed E-state index contributed by atoms with van der Waals surface area (Å²) in [5.74, 6) is 0.766. The largest absolute Gasteiger partial charge is 0.370 e. The average Bonchev–Trinajstić information content (AvgIpc) is 3.12. The third-order valence-electron chi connectivity index (χ3n) is 3.10. The number of benzene rings is 2. The standard InChI is InChI=1S/C17H19N3.ClH/c1-3-7-15(8-4-1)13-20(14-17-18-11-12-19-17)16-9-5-2-6-10-16;/h1-10H,11-14H2,(H,18,19);1H/i2D,5D,6D,9D,10D;. The first kappa shape index (κ1) is 9.85. The van der Waals surface area contributed by atoms with Gasteiger partial charge in [0.1, 0.15) is 5.84 Å². The molecule has 3 nitrogen and oxygen atoms in total. The summed E-state index contributed by atoms with van der Waals surface area (Å²) in [6.45, 7) is 2.24. The zero-order chi connectivity index (χ0) is 18.0. The SMILES string of the molecule is Cl.[2H]c1c([2H])c([2H])c(N(CC2=NCCN2)Cc2ccccc2)c([2H])c1[2H]. The third kappa shape index (κ3) is 4.23. The molecule has 0 unspecified atom stereocenters. The molecule has 0 bridgehead atoms. The molecule has 2 aromatic rings. The van der Waals surface area contributed by atoms with E-state index in [1.54, 1.807) is 4.90 Å². The zero-order valence-corrected chi connectivity index (χ0v) is 12.3. The van der Waals surface area contributed by atoms with E-state index in [0.29, 0.717) is 19.6 Å². The van der Waals surface area contributed by atoms with Crippen molar-refractivity contribution in [2.24, 2.45) is 4.99 Å². The van der Waals surface area contributed by atoms with Crippen LogP contribution in [-0.4, -0.2) is 25.5 Å². The Morgan fingerprint density at radius 3 is 2.52 bits per heavy atom. The first-order chi connectivity index (χ1) is 12.0. The molecule has 1 heterocycles. The van der Waals surface area contributed by atoms with Crippen LogP contribution in [0, 0.1) is 0 Å². The molecule has 1 aliphatic rings. The first-order valence-electron chi connectivity index (χ1n) is 9.12. The smallest absolute Gasteiger partial charge is 0.116 e. The second-order valence-electron chi connectivity index (χ2n) is 4.57. The Hall–Kier alpha value is -2.00. The van der Waals surface area contributed by atoms with Crippen molar-refractivity contribution in [1.29, 1.82) is 0 Å². The second kappa shape index (κ2) is 7.70. The van der Waals surface area contributed by atoms with Gasteiger partial charge in [0.05, 0.1) is 19.9 Å². The van der Waals surface area contributed by atoms with E-state index in [2.05, 4.69) is 10.3 Å². The molecule has 21 heavy (non-hydrogen) atoms. The molecule has 1 aliphatic heterocycles. The van der Waals surface area contributed by atoms with Crippen LogP contribution < -0.4 is 10.2 Å². The van der Waals surface area contributed by atoms with Crippen molar-refractivity contribution in [2.45, 2.75) is 6.54 Å². The van der Waals surface area contributed by atoms with Crippen LogP contribution in [-0.2, 0) is 6.54 Å². The fraction of sp³-hybridized carbons (Fsp3) is 0.235. The van der Waals surface area contributed by atoms with Crippen LogP contribution in [0.2, 0.25) is 0 Å². The molecule has 1 N–H and O–H groups in total. The Bertz CT molecular complexity index is 785. The number of amidine groups is 1. The summed E-state index contributed by atoms with van der Waals surface area (Å²) in [6.07, 6.45) is 0. The quantitative estimate of drug-likeness (QED) is 0.919. The van der Waals surface area contributed by atoms with E-state index in [0.717, 1.165) is 17.9 Å². The van der Waals surface area contributed by atoms with Gasteiger partial charge in [0, 0.05) is 18.8 Å². The number of aliphatic imine (C=N–C) groups is 1. The summed E-state index contributed by atoms with van der Waals surface area (Å²) in [6, 6.07) is 8.24. The molecule has 0 aliphatic carbocycles. The van der Waals surface area contributed by atoms with Crippen LogP contribution in [0.1, 0.15) is 12.4 Å². The predicted molar refractivity (Wildman–Crippen MR) is 91.5 cm³/mol. The van der Waals surface area contributed by atoms with E-state index >= 15 is 0 Å². The normalized spacial score (nSPS) is 16.4. The molecule has 110 valence electrons. The molecule has 0 radical (unpaired) electrons. The molecule has 0 spiro atoms. The minimum atomic E-state index is -0.380. The van der Waals surface area contributed by atoms with Crippen LogP contribution in [0.25, 0.3) is 0 Å². The van der Waals surface area contributed by atoms with Crippen LogP contribution in [0.3, 0.4) is 0 Å². The lowest BCUT2D eigenvalue weighted by Gasteiger charge is -2.25. The number of halogens is 1. The molecule has 0 aromatic heterocycles. The number of anilines is 1. The van der Waals surface area contributed by atoms with Gasteiger partial charge in [-0.1, -0.05) is 48.5 Å². The molecular weight excluding hydrogens is 282 g/mol. The maximum absolute atomic E-state index is 8.23. The fourth-order valence-corrected chi connectivity index (χ4v) is 2.15. The first-order valence-corrected chi connectivity index (χ1v) is 6.62. The second-order valence-corrected chi connectivity index (χ2v) is 4.57. The lowest BCUT2D eigenvalue weighted by molar-refractivity contribution is 0.866. The van der Waals surface area contributed by atoms with Crippen LogP contribution >= 0.6 is 12.4 Å². The Morgan fingerprint density at radius 1 is 1.10 bits per heavy atom. The fourth-order valence-electron chi connectivity index (χ4n) is 2.15. The van der Waals surface area contributed by atoms with Crippen LogP contribution in [0.4, 0.5) is 5.69 Å². The van der Waals surface area contributed by atoms with Gasteiger partial charge >= 0.3 is 0 Å². The molecule has 3 rings (SSSR count). The van der Waals surface area contributed by atoms with Crippen molar-refractivity contribution in [1.82, 2.24) is 5.32 Å². The number of para-hydroxylation sites is 1. The van der Waals surface area contributed by atoms with E-state index < -0.39 is 0 Å². The minimum Gasteiger partial charge on any atom is -0.370 e. The molecule has 0 saturated heterocycles. The third-order valence-corrected chi connectivity index (χ3v) is 3.10. The summed E-state index contributed by atoms with van der Waals surface area (Å²) in [7, 11) is 0. The number of nitrogens with one attached hydrogen (secondary N) is 1. The van der Waals surface area contributed by atoms with Crippen molar-refractivity contribution in [3.63, 3.8) is 0 Å². The Morgan fingerprint density at radius 2 is 1.86 bits per heavy atom. The zero-order valence-electron chi connectivity index (χ0n) is 16.5. The highest BCUT2D eigenvalue weighted by Gasteiger charge is 2.12. The van der Waals surface area contributed by atoms with Gasteiger partial charge in [0.25, 0.3) is 0 Å². The molecule has 4 heteroatoms. The lowest BCUT2D eigenvalue weighted by Crippen LogP contribution is -2.34. The van der Waals surface area contributed by atoms with Gasteiger partial charge in [-0.25, -0.2) is 0 Å². The maximum Gasteiger partial charge on any atom is 0.116 e. The van der Waals surface area contributed by atoms with Crippen molar-refractivity contribution in [3.8, 4) is 0 Å². The minimum absolute atomic E-state index is 0. The van der Waals surface area contributed by atoms with Gasteiger partial charge in [0.2, 0.25) is 0 Å². The van der Waals surface area contributed by atoms with Crippen LogP contribution in [0.5, 0.6) is 0 Å². The van der Waals surface area contributed by atoms with Gasteiger partial charge < -0.3 is 10.2 Å². The highest BCUT2D eigenvalue weighted by Crippen LogP contribution is 2.16. The summed E-state index contributed by atoms with van der Waals surface area (Å²) in [4.78, 5) is 6.16. The lowest BCUT2D eigenvalue weighted by atomic mass is 10.2. The molecule has 0 amide bonds. The number of hydrogen-bond donors (Lipinski definition) is 1. The number of nitrogens with zero attached hydrogens (tertiary/aromatic N) is 2. The summed E-state index contributed by atoms with van der Waals surface area (Å²) < 4.78 is 40.1. The topological polar surface area (TPSA) is 27.6 Å². The monoisotopic (exact) mass is 306 g/mol. The van der Waals surface area contributed by atoms with E-state index in [4.69, 9.17) is 6.85 Å². The molecule has 0 saturated carbocycles. The van der Waals surface area contributed by atoms with Crippen molar-refractivity contribution >= 4 is 23.9 Å². The highest BCUT2D eigenvalue weighted by molar-refractivity contribution is 5.88. The van der Waals surface area contributed by atoms with Crippen molar-refractivity contribution < 1.29 is 6.85 Å². The Labute approximate surface area is 139 Å². The molecule has 0 atom stereocenters. The number of rotatable bonds is 5. The van der Waals surface area contributed by atoms with E-state index in [1.807, 2.05) is 30.3 Å². The van der Waals surface area contributed by atoms with Gasteiger partial charge in [-0.15, -0.1) is 12.4 Å². The summed E-state index contributed by atoms with van der Waals surface area (Å²) in [5.41, 5.74) is 1.19. The van der Waals surface area contributed by atoms with Gasteiger partial charge in [-0.05, 0) is 17.6 Å². The summed E-state index contributed by atoms with van der Waals surface area (Å²) in [5, 5.41) is 3.18. The maximum atomic E-state index is 8.23. The molecule has 0 fully saturated rings. The van der Waals surface area contributed by atoms with Gasteiger partial charge in [-0.3, -0.25) is 4.99 Å². The van der Waals surface area contributed by atoms with Crippen molar-refractivity contribution in [3.05, 3.63) is 66.1 Å². The van der Waals surface area contributed by atoms with Crippen LogP contribution in [0.15, 0.2) is 65.5 Å².